The molecule has 0 radical (unpaired) electrons. The van der Waals surface area contributed by atoms with Crippen molar-refractivity contribution < 1.29 is 24.2 Å². The van der Waals surface area contributed by atoms with Crippen LogP contribution in [-0.2, 0) is 4.79 Å². The maximum Gasteiger partial charge on any atom is 0.408 e. The van der Waals surface area contributed by atoms with Gasteiger partial charge in [-0.05, 0) is 5.53 Å². The van der Waals surface area contributed by atoms with Gasteiger partial charge in [-0.1, -0.05) is 5.11 Å². The molecule has 0 spiro atoms. The van der Waals surface area contributed by atoms with Gasteiger partial charge in [-0.3, -0.25) is 4.90 Å². The molecule has 8 nitrogen and oxygen atoms in total. The first-order valence-corrected chi connectivity index (χ1v) is 4.32. The van der Waals surface area contributed by atoms with Gasteiger partial charge < -0.3 is 10.2 Å². The standard InChI is InChI=1S/C7H9FN4O4/c8-7(2-10-11-9)1-4(5(13)14)12(3-7)6(15)16/h4H,1-3H2,(H,13,14)(H,15,16). The maximum absolute atomic E-state index is 13.9. The Balaban J connectivity index is 2.86. The molecule has 1 amide bonds. The first-order valence-electron chi connectivity index (χ1n) is 4.32. The van der Waals surface area contributed by atoms with E-state index in [1.54, 1.807) is 0 Å². The van der Waals surface area contributed by atoms with E-state index in [4.69, 9.17) is 15.7 Å². The number of azide groups is 1. The summed E-state index contributed by atoms with van der Waals surface area (Å²) >= 11 is 0. The molecule has 16 heavy (non-hydrogen) atoms. The smallest absolute Gasteiger partial charge is 0.408 e. The first kappa shape index (κ1) is 12.1. The predicted molar refractivity (Wildman–Crippen MR) is 48.6 cm³/mol. The second-order valence-corrected chi connectivity index (χ2v) is 3.51. The van der Waals surface area contributed by atoms with E-state index in [9.17, 15) is 14.0 Å². The Morgan fingerprint density at radius 1 is 1.62 bits per heavy atom. The monoisotopic (exact) mass is 232 g/mol. The Bertz CT molecular complexity index is 345. The van der Waals surface area contributed by atoms with E-state index in [2.05, 4.69) is 10.0 Å². The zero-order chi connectivity index (χ0) is 12.3. The summed E-state index contributed by atoms with van der Waals surface area (Å²) in [6.45, 7) is -1.17. The SMILES string of the molecule is [N-]=[N+]=NCC1(F)CC(C(=O)O)N(C(=O)O)C1. The van der Waals surface area contributed by atoms with Crippen molar-refractivity contribution in [1.82, 2.24) is 4.90 Å². The number of carboxylic acids is 1. The molecule has 0 aliphatic carbocycles. The Kier molecular flexibility index (Phi) is 3.19. The maximum atomic E-state index is 13.9. The molecule has 2 unspecified atom stereocenters. The molecule has 2 N–H and O–H groups in total. The van der Waals surface area contributed by atoms with E-state index in [1.807, 2.05) is 0 Å². The largest absolute Gasteiger partial charge is 0.480 e. The van der Waals surface area contributed by atoms with E-state index in [0.29, 0.717) is 4.90 Å². The summed E-state index contributed by atoms with van der Waals surface area (Å²) in [5.74, 6) is -1.41. The van der Waals surface area contributed by atoms with Gasteiger partial charge in [-0.25, -0.2) is 14.0 Å². The van der Waals surface area contributed by atoms with Crippen LogP contribution in [0.2, 0.25) is 0 Å². The molecular weight excluding hydrogens is 223 g/mol. The zero-order valence-electron chi connectivity index (χ0n) is 8.08. The van der Waals surface area contributed by atoms with Crippen molar-refractivity contribution in [2.24, 2.45) is 5.11 Å². The number of halogens is 1. The molecule has 1 heterocycles. The summed E-state index contributed by atoms with van der Waals surface area (Å²) in [6, 6.07) is -1.43. The molecule has 1 rings (SSSR count). The average molecular weight is 232 g/mol. The van der Waals surface area contributed by atoms with Crippen molar-refractivity contribution in [2.75, 3.05) is 13.1 Å². The Morgan fingerprint density at radius 2 is 2.25 bits per heavy atom. The Labute approximate surface area is 88.9 Å². The lowest BCUT2D eigenvalue weighted by Gasteiger charge is -2.17. The van der Waals surface area contributed by atoms with Crippen LogP contribution in [0.5, 0.6) is 0 Å². The van der Waals surface area contributed by atoms with E-state index in [1.165, 1.54) is 0 Å². The van der Waals surface area contributed by atoms with Crippen molar-refractivity contribution in [3.63, 3.8) is 0 Å². The summed E-state index contributed by atoms with van der Waals surface area (Å²) in [5.41, 5.74) is 5.93. The van der Waals surface area contributed by atoms with E-state index < -0.39 is 43.3 Å². The quantitative estimate of drug-likeness (QED) is 0.424. The van der Waals surface area contributed by atoms with Crippen LogP contribution in [0.1, 0.15) is 6.42 Å². The number of carbonyl (C=O) groups is 2. The second-order valence-electron chi connectivity index (χ2n) is 3.51. The molecule has 2 atom stereocenters. The van der Waals surface area contributed by atoms with Crippen molar-refractivity contribution in [1.29, 1.82) is 0 Å². The molecule has 1 aliphatic rings. The molecule has 0 aromatic rings. The third-order valence-corrected chi connectivity index (χ3v) is 2.34. The lowest BCUT2D eigenvalue weighted by molar-refractivity contribution is -0.141. The molecule has 9 heteroatoms. The highest BCUT2D eigenvalue weighted by molar-refractivity contribution is 5.80. The highest BCUT2D eigenvalue weighted by Gasteiger charge is 2.49. The van der Waals surface area contributed by atoms with E-state index in [-0.39, 0.29) is 0 Å². The lowest BCUT2D eigenvalue weighted by Crippen LogP contribution is -2.40. The summed E-state index contributed by atoms with van der Waals surface area (Å²) in [6.07, 6.45) is -2.01. The van der Waals surface area contributed by atoms with Crippen LogP contribution in [-0.4, -0.2) is 52.0 Å². The summed E-state index contributed by atoms with van der Waals surface area (Å²) in [5, 5.41) is 20.4. The molecule has 0 bridgehead atoms. The summed E-state index contributed by atoms with van der Waals surface area (Å²) in [7, 11) is 0. The van der Waals surface area contributed by atoms with Gasteiger partial charge >= 0.3 is 12.1 Å². The number of likely N-dealkylation sites (tertiary alicyclic amines) is 1. The summed E-state index contributed by atoms with van der Waals surface area (Å²) < 4.78 is 13.9. The number of alkyl halides is 1. The third-order valence-electron chi connectivity index (χ3n) is 2.34. The van der Waals surface area contributed by atoms with Gasteiger partial charge in [0.15, 0.2) is 0 Å². The highest BCUT2D eigenvalue weighted by Crippen LogP contribution is 2.31. The van der Waals surface area contributed by atoms with Gasteiger partial charge in [0.1, 0.15) is 11.7 Å². The van der Waals surface area contributed by atoms with Crippen LogP contribution in [0.15, 0.2) is 5.11 Å². The number of nitrogens with zero attached hydrogens (tertiary/aromatic N) is 4. The van der Waals surface area contributed by atoms with E-state index >= 15 is 0 Å². The lowest BCUT2D eigenvalue weighted by atomic mass is 10.0. The number of rotatable bonds is 3. The molecule has 1 saturated heterocycles. The molecule has 0 aromatic carbocycles. The van der Waals surface area contributed by atoms with Crippen LogP contribution in [0, 0.1) is 0 Å². The van der Waals surface area contributed by atoms with Gasteiger partial charge in [0.2, 0.25) is 0 Å². The first-order chi connectivity index (χ1) is 7.39. The topological polar surface area (TPSA) is 127 Å². The minimum atomic E-state index is -2.10. The normalized spacial score (nSPS) is 28.6. The third kappa shape index (κ3) is 2.31. The van der Waals surface area contributed by atoms with Crippen LogP contribution >= 0.6 is 0 Å². The fraction of sp³-hybridized carbons (Fsp3) is 0.714. The minimum absolute atomic E-state index is 0.495. The second kappa shape index (κ2) is 4.23. The number of carboxylic acid groups (broad SMARTS) is 2. The van der Waals surface area contributed by atoms with Gasteiger partial charge in [-0.2, -0.15) is 0 Å². The van der Waals surface area contributed by atoms with Crippen LogP contribution in [0.4, 0.5) is 9.18 Å². The number of hydrogen-bond acceptors (Lipinski definition) is 3. The Morgan fingerprint density at radius 3 is 2.62 bits per heavy atom. The minimum Gasteiger partial charge on any atom is -0.480 e. The van der Waals surface area contributed by atoms with Crippen LogP contribution < -0.4 is 0 Å². The molecule has 1 fully saturated rings. The van der Waals surface area contributed by atoms with Crippen molar-refractivity contribution in [3.8, 4) is 0 Å². The number of aliphatic carboxylic acids is 1. The number of amides is 1. The molecule has 88 valence electrons. The zero-order valence-corrected chi connectivity index (χ0v) is 8.08. The molecule has 0 aromatic heterocycles. The van der Waals surface area contributed by atoms with Crippen LogP contribution in [0.3, 0.4) is 0 Å². The Hall–Kier alpha value is -2.02. The van der Waals surface area contributed by atoms with Crippen molar-refractivity contribution in [2.45, 2.75) is 18.1 Å². The van der Waals surface area contributed by atoms with Crippen molar-refractivity contribution in [3.05, 3.63) is 10.4 Å². The fourth-order valence-corrected chi connectivity index (χ4v) is 1.63. The predicted octanol–water partition coefficient (Wildman–Crippen LogP) is 0.842. The fourth-order valence-electron chi connectivity index (χ4n) is 1.63. The van der Waals surface area contributed by atoms with E-state index in [0.717, 1.165) is 0 Å². The van der Waals surface area contributed by atoms with Crippen LogP contribution in [0.25, 0.3) is 10.4 Å². The van der Waals surface area contributed by atoms with Gasteiger partial charge in [0, 0.05) is 11.3 Å². The molecule has 1 aliphatic heterocycles. The van der Waals surface area contributed by atoms with Gasteiger partial charge in [0.25, 0.3) is 0 Å². The van der Waals surface area contributed by atoms with Gasteiger partial charge in [-0.15, -0.1) is 0 Å². The van der Waals surface area contributed by atoms with Gasteiger partial charge in [0.05, 0.1) is 13.1 Å². The summed E-state index contributed by atoms with van der Waals surface area (Å²) in [4.78, 5) is 24.2. The van der Waals surface area contributed by atoms with Crippen molar-refractivity contribution >= 4 is 12.1 Å². The highest BCUT2D eigenvalue weighted by atomic mass is 19.1. The molecule has 0 saturated carbocycles. The number of hydrogen-bond donors (Lipinski definition) is 2. The molecular formula is C7H9FN4O4. The average Bonchev–Trinajstić information content (AvgIpc) is 2.55.